The van der Waals surface area contributed by atoms with E-state index in [9.17, 15) is 18.0 Å². The molecule has 34 heavy (non-hydrogen) atoms. The number of morpholine rings is 1. The van der Waals surface area contributed by atoms with Gasteiger partial charge in [0.15, 0.2) is 0 Å². The lowest BCUT2D eigenvalue weighted by Gasteiger charge is -2.27. The number of para-hydroxylation sites is 2. The molecule has 0 spiro atoms. The molecule has 2 heterocycles. The summed E-state index contributed by atoms with van der Waals surface area (Å²) < 4.78 is 33.3. The first-order valence-electron chi connectivity index (χ1n) is 11.6. The molecule has 2 aliphatic heterocycles. The number of benzene rings is 2. The van der Waals surface area contributed by atoms with Crippen LogP contribution >= 0.6 is 0 Å². The molecule has 2 aromatic carbocycles. The number of carbonyl (C=O) groups excluding carboxylic acids is 2. The molecule has 2 aromatic rings. The Balaban J connectivity index is 1.56. The fourth-order valence-electron chi connectivity index (χ4n) is 4.16. The van der Waals surface area contributed by atoms with Gasteiger partial charge in [-0.3, -0.25) is 4.79 Å². The highest BCUT2D eigenvalue weighted by molar-refractivity contribution is 7.89. The van der Waals surface area contributed by atoms with Crippen molar-refractivity contribution in [2.24, 2.45) is 0 Å². The van der Waals surface area contributed by atoms with Crippen molar-refractivity contribution < 1.29 is 22.7 Å². The predicted octanol–water partition coefficient (Wildman–Crippen LogP) is 3.15. The number of anilines is 2. The van der Waals surface area contributed by atoms with Crippen LogP contribution in [0, 0.1) is 0 Å². The highest BCUT2D eigenvalue weighted by atomic mass is 32.2. The standard InChI is InChI=1S/C24H30N4O5S/c1-2-18-9-10-19(17-22(18)34(31,32)28-13-15-33-16-14-28)23(29)25-20-7-3-4-8-21(20)26-24(30)27-11-5-6-12-27/h3-4,7-10,17H,2,5-6,11-16H2,1H3,(H,25,29)(H,26,30). The van der Waals surface area contributed by atoms with Crippen molar-refractivity contribution in [3.8, 4) is 0 Å². The van der Waals surface area contributed by atoms with Gasteiger partial charge in [0.2, 0.25) is 10.0 Å². The summed E-state index contributed by atoms with van der Waals surface area (Å²) in [6.45, 7) is 4.57. The van der Waals surface area contributed by atoms with Crippen LogP contribution in [0.3, 0.4) is 0 Å². The molecule has 0 unspecified atom stereocenters. The molecule has 2 aliphatic rings. The van der Waals surface area contributed by atoms with Crippen LogP contribution in [0.1, 0.15) is 35.7 Å². The summed E-state index contributed by atoms with van der Waals surface area (Å²) in [5.74, 6) is -0.455. The van der Waals surface area contributed by atoms with E-state index in [0.717, 1.165) is 12.8 Å². The summed E-state index contributed by atoms with van der Waals surface area (Å²) in [6.07, 6.45) is 2.48. The first-order valence-corrected chi connectivity index (χ1v) is 13.0. The van der Waals surface area contributed by atoms with Crippen LogP contribution < -0.4 is 10.6 Å². The normalized spacial score (nSPS) is 16.9. The Morgan fingerprint density at radius 1 is 0.941 bits per heavy atom. The van der Waals surface area contributed by atoms with Gasteiger partial charge in [0.25, 0.3) is 5.91 Å². The molecule has 0 atom stereocenters. The Bertz CT molecular complexity index is 1160. The molecule has 2 saturated heterocycles. The van der Waals surface area contributed by atoms with Crippen molar-refractivity contribution in [1.82, 2.24) is 9.21 Å². The zero-order valence-electron chi connectivity index (χ0n) is 19.2. The van der Waals surface area contributed by atoms with Crippen molar-refractivity contribution in [1.29, 1.82) is 0 Å². The molecule has 10 heteroatoms. The van der Waals surface area contributed by atoms with Crippen LogP contribution in [0.2, 0.25) is 0 Å². The summed E-state index contributed by atoms with van der Waals surface area (Å²) in [4.78, 5) is 27.5. The van der Waals surface area contributed by atoms with Gasteiger partial charge in [0, 0.05) is 31.7 Å². The Labute approximate surface area is 200 Å². The van der Waals surface area contributed by atoms with Gasteiger partial charge in [0.05, 0.1) is 29.5 Å². The number of ether oxygens (including phenoxy) is 1. The molecule has 0 bridgehead atoms. The average molecular weight is 487 g/mol. The molecule has 3 amide bonds. The molecule has 4 rings (SSSR count). The number of sulfonamides is 1. The second-order valence-electron chi connectivity index (χ2n) is 8.32. The topological polar surface area (TPSA) is 108 Å². The third kappa shape index (κ3) is 5.24. The van der Waals surface area contributed by atoms with Crippen molar-refractivity contribution in [3.05, 3.63) is 53.6 Å². The molecule has 0 radical (unpaired) electrons. The van der Waals surface area contributed by atoms with Gasteiger partial charge in [-0.1, -0.05) is 25.1 Å². The third-order valence-electron chi connectivity index (χ3n) is 6.11. The van der Waals surface area contributed by atoms with E-state index >= 15 is 0 Å². The van der Waals surface area contributed by atoms with Crippen molar-refractivity contribution in [3.63, 3.8) is 0 Å². The van der Waals surface area contributed by atoms with Crippen LogP contribution in [0.25, 0.3) is 0 Å². The number of carbonyl (C=O) groups is 2. The molecule has 0 aliphatic carbocycles. The van der Waals surface area contributed by atoms with Crippen molar-refractivity contribution in [2.45, 2.75) is 31.1 Å². The molecule has 182 valence electrons. The maximum Gasteiger partial charge on any atom is 0.321 e. The van der Waals surface area contributed by atoms with Gasteiger partial charge >= 0.3 is 6.03 Å². The lowest BCUT2D eigenvalue weighted by atomic mass is 10.1. The summed E-state index contributed by atoms with van der Waals surface area (Å²) in [5, 5.41) is 5.68. The van der Waals surface area contributed by atoms with Crippen LogP contribution in [-0.2, 0) is 21.2 Å². The van der Waals surface area contributed by atoms with Crippen LogP contribution in [0.4, 0.5) is 16.2 Å². The lowest BCUT2D eigenvalue weighted by Crippen LogP contribution is -2.41. The fourth-order valence-corrected chi connectivity index (χ4v) is 5.89. The Kier molecular flexibility index (Phi) is 7.50. The van der Waals surface area contributed by atoms with E-state index in [-0.39, 0.29) is 29.6 Å². The fraction of sp³-hybridized carbons (Fsp3) is 0.417. The number of nitrogens with zero attached hydrogens (tertiary/aromatic N) is 2. The Morgan fingerprint density at radius 2 is 1.59 bits per heavy atom. The number of nitrogens with one attached hydrogen (secondary N) is 2. The average Bonchev–Trinajstić information content (AvgIpc) is 3.40. The van der Waals surface area contributed by atoms with E-state index in [0.29, 0.717) is 49.7 Å². The van der Waals surface area contributed by atoms with Gasteiger partial charge in [0.1, 0.15) is 0 Å². The molecule has 0 aromatic heterocycles. The number of amides is 3. The quantitative estimate of drug-likeness (QED) is 0.652. The summed E-state index contributed by atoms with van der Waals surface area (Å²) in [7, 11) is -3.76. The minimum absolute atomic E-state index is 0.139. The number of aryl methyl sites for hydroxylation is 1. The molecule has 2 N–H and O–H groups in total. The molecule has 2 fully saturated rings. The monoisotopic (exact) mass is 486 g/mol. The number of rotatable bonds is 6. The van der Waals surface area contributed by atoms with Gasteiger partial charge in [-0.2, -0.15) is 4.31 Å². The summed E-state index contributed by atoms with van der Waals surface area (Å²) >= 11 is 0. The van der Waals surface area contributed by atoms with E-state index in [1.165, 1.54) is 10.4 Å². The second kappa shape index (κ2) is 10.5. The molecule has 9 nitrogen and oxygen atoms in total. The Hall–Kier alpha value is -2.95. The van der Waals surface area contributed by atoms with Crippen LogP contribution in [0.5, 0.6) is 0 Å². The van der Waals surface area contributed by atoms with E-state index in [1.807, 2.05) is 6.92 Å². The lowest BCUT2D eigenvalue weighted by molar-refractivity contribution is 0.0730. The van der Waals surface area contributed by atoms with Crippen molar-refractivity contribution >= 4 is 33.3 Å². The zero-order chi connectivity index (χ0) is 24.1. The first-order chi connectivity index (χ1) is 16.4. The molecular formula is C24H30N4O5S. The molecular weight excluding hydrogens is 456 g/mol. The van der Waals surface area contributed by atoms with Crippen molar-refractivity contribution in [2.75, 3.05) is 50.0 Å². The maximum absolute atomic E-state index is 13.3. The Morgan fingerprint density at radius 3 is 2.24 bits per heavy atom. The largest absolute Gasteiger partial charge is 0.379 e. The number of hydrogen-bond donors (Lipinski definition) is 2. The summed E-state index contributed by atoms with van der Waals surface area (Å²) in [5.41, 5.74) is 1.81. The maximum atomic E-state index is 13.3. The number of urea groups is 1. The van der Waals surface area contributed by atoms with Gasteiger partial charge in [-0.05, 0) is 49.1 Å². The highest BCUT2D eigenvalue weighted by Crippen LogP contribution is 2.26. The van der Waals surface area contributed by atoms with E-state index in [4.69, 9.17) is 4.74 Å². The van der Waals surface area contributed by atoms with Gasteiger partial charge in [-0.25, -0.2) is 13.2 Å². The zero-order valence-corrected chi connectivity index (χ0v) is 20.1. The smallest absolute Gasteiger partial charge is 0.321 e. The predicted molar refractivity (Wildman–Crippen MR) is 130 cm³/mol. The number of hydrogen-bond acceptors (Lipinski definition) is 5. The third-order valence-corrected chi connectivity index (χ3v) is 8.09. The van der Waals surface area contributed by atoms with Crippen LogP contribution in [0.15, 0.2) is 47.4 Å². The second-order valence-corrected chi connectivity index (χ2v) is 10.2. The number of likely N-dealkylation sites (tertiary alicyclic amines) is 1. The first kappa shape index (κ1) is 24.2. The van der Waals surface area contributed by atoms with Crippen LogP contribution in [-0.4, -0.2) is 69.0 Å². The van der Waals surface area contributed by atoms with E-state index in [1.54, 1.807) is 41.3 Å². The van der Waals surface area contributed by atoms with E-state index in [2.05, 4.69) is 10.6 Å². The summed E-state index contributed by atoms with van der Waals surface area (Å²) in [6, 6.07) is 11.5. The minimum atomic E-state index is -3.76. The molecule has 0 saturated carbocycles. The van der Waals surface area contributed by atoms with Gasteiger partial charge in [-0.15, -0.1) is 0 Å². The SMILES string of the molecule is CCc1ccc(C(=O)Nc2ccccc2NC(=O)N2CCCC2)cc1S(=O)(=O)N1CCOCC1. The highest BCUT2D eigenvalue weighted by Gasteiger charge is 2.29. The van der Waals surface area contributed by atoms with Gasteiger partial charge < -0.3 is 20.3 Å². The minimum Gasteiger partial charge on any atom is -0.379 e. The van der Waals surface area contributed by atoms with E-state index < -0.39 is 15.9 Å².